The second-order valence-corrected chi connectivity index (χ2v) is 8.04. The molecule has 6 nitrogen and oxygen atoms in total. The number of benzene rings is 1. The highest BCUT2D eigenvalue weighted by molar-refractivity contribution is 7.89. The van der Waals surface area contributed by atoms with Crippen molar-refractivity contribution in [2.45, 2.75) is 24.7 Å². The summed E-state index contributed by atoms with van der Waals surface area (Å²) in [4.78, 5) is 0.214. The number of hydrogen-bond acceptors (Lipinski definition) is 6. The van der Waals surface area contributed by atoms with Gasteiger partial charge in [0, 0.05) is 6.54 Å². The van der Waals surface area contributed by atoms with Crippen LogP contribution >= 0.6 is 11.7 Å². The lowest BCUT2D eigenvalue weighted by Crippen LogP contribution is -2.42. The van der Waals surface area contributed by atoms with Crippen LogP contribution < -0.4 is 10.0 Å². The van der Waals surface area contributed by atoms with Gasteiger partial charge in [0.15, 0.2) is 0 Å². The first-order valence-corrected chi connectivity index (χ1v) is 9.13. The highest BCUT2D eigenvalue weighted by atomic mass is 32.2. The van der Waals surface area contributed by atoms with Gasteiger partial charge in [0.05, 0.1) is 11.7 Å². The Hall–Kier alpha value is -1.09. The smallest absolute Gasteiger partial charge is 0.242 e. The van der Waals surface area contributed by atoms with Gasteiger partial charge in [-0.2, -0.15) is 8.75 Å². The van der Waals surface area contributed by atoms with Crippen LogP contribution in [0.3, 0.4) is 0 Å². The first-order valence-electron chi connectivity index (χ1n) is 6.92. The molecule has 0 amide bonds. The van der Waals surface area contributed by atoms with Gasteiger partial charge in [0.1, 0.15) is 15.9 Å². The third kappa shape index (κ3) is 3.08. The maximum absolute atomic E-state index is 12.5. The van der Waals surface area contributed by atoms with Gasteiger partial charge in [0.25, 0.3) is 0 Å². The highest BCUT2D eigenvalue weighted by Gasteiger charge is 2.29. The highest BCUT2D eigenvalue weighted by Crippen LogP contribution is 2.28. The molecule has 21 heavy (non-hydrogen) atoms. The van der Waals surface area contributed by atoms with Crippen molar-refractivity contribution in [3.63, 3.8) is 0 Å². The Bertz CT molecular complexity index is 735. The summed E-state index contributed by atoms with van der Waals surface area (Å²) in [5, 5.41) is 3.30. The molecule has 2 N–H and O–H groups in total. The van der Waals surface area contributed by atoms with E-state index in [0.29, 0.717) is 17.6 Å². The van der Waals surface area contributed by atoms with Gasteiger partial charge in [0.2, 0.25) is 10.0 Å². The molecular formula is C13H18N4O2S2. The van der Waals surface area contributed by atoms with E-state index in [1.807, 2.05) is 0 Å². The van der Waals surface area contributed by atoms with E-state index >= 15 is 0 Å². The fourth-order valence-electron chi connectivity index (χ4n) is 2.55. The molecule has 1 saturated heterocycles. The standard InChI is InChI=1S/C13H18N4O2S2/c1-13(5-7-14-8-6-13)9-15-21(18,19)11-4-2-3-10-12(11)17-20-16-10/h2-4,14-15H,5-9H2,1H3. The molecule has 1 aliphatic rings. The van der Waals surface area contributed by atoms with Crippen molar-refractivity contribution in [1.82, 2.24) is 18.8 Å². The number of fused-ring (bicyclic) bond motifs is 1. The van der Waals surface area contributed by atoms with E-state index in [1.165, 1.54) is 0 Å². The second-order valence-electron chi connectivity index (χ2n) is 5.77. The molecule has 1 aromatic heterocycles. The molecule has 114 valence electrons. The molecule has 0 unspecified atom stereocenters. The zero-order chi connectivity index (χ0) is 14.9. The van der Waals surface area contributed by atoms with Crippen LogP contribution in [0.5, 0.6) is 0 Å². The molecular weight excluding hydrogens is 308 g/mol. The summed E-state index contributed by atoms with van der Waals surface area (Å²) >= 11 is 1.03. The summed E-state index contributed by atoms with van der Waals surface area (Å²) in [6.07, 6.45) is 1.94. The third-order valence-corrected chi connectivity index (χ3v) is 6.01. The number of piperidine rings is 1. The lowest BCUT2D eigenvalue weighted by molar-refractivity contribution is 0.232. The zero-order valence-electron chi connectivity index (χ0n) is 11.8. The fourth-order valence-corrected chi connectivity index (χ4v) is 4.52. The number of sulfonamides is 1. The summed E-state index contributed by atoms with van der Waals surface area (Å²) in [6, 6.07) is 5.05. The van der Waals surface area contributed by atoms with E-state index in [-0.39, 0.29) is 10.3 Å². The van der Waals surface area contributed by atoms with E-state index in [9.17, 15) is 8.42 Å². The molecule has 0 saturated carbocycles. The Kier molecular flexibility index (Phi) is 3.96. The molecule has 1 aliphatic heterocycles. The first-order chi connectivity index (χ1) is 10.0. The minimum Gasteiger partial charge on any atom is -0.317 e. The Morgan fingerprint density at radius 1 is 1.33 bits per heavy atom. The largest absolute Gasteiger partial charge is 0.317 e. The molecule has 0 radical (unpaired) electrons. The van der Waals surface area contributed by atoms with Gasteiger partial charge in [-0.15, -0.1) is 0 Å². The van der Waals surface area contributed by atoms with Crippen molar-refractivity contribution >= 4 is 32.8 Å². The molecule has 2 aromatic rings. The van der Waals surface area contributed by atoms with Gasteiger partial charge >= 0.3 is 0 Å². The Morgan fingerprint density at radius 2 is 2.10 bits per heavy atom. The van der Waals surface area contributed by atoms with Crippen molar-refractivity contribution < 1.29 is 8.42 Å². The van der Waals surface area contributed by atoms with E-state index in [0.717, 1.165) is 37.7 Å². The molecule has 1 aromatic carbocycles. The lowest BCUT2D eigenvalue weighted by Gasteiger charge is -2.34. The second kappa shape index (κ2) is 5.60. The predicted octanol–water partition coefficient (Wildman–Crippen LogP) is 1.36. The van der Waals surface area contributed by atoms with E-state index in [2.05, 4.69) is 25.7 Å². The van der Waals surface area contributed by atoms with Gasteiger partial charge in [-0.05, 0) is 43.5 Å². The molecule has 0 atom stereocenters. The van der Waals surface area contributed by atoms with Crippen LogP contribution in [0.1, 0.15) is 19.8 Å². The first kappa shape index (κ1) is 14.8. The normalized spacial score (nSPS) is 18.9. The average molecular weight is 326 g/mol. The molecule has 0 bridgehead atoms. The SMILES string of the molecule is CC1(CNS(=O)(=O)c2cccc3nsnc23)CCNCC1. The summed E-state index contributed by atoms with van der Waals surface area (Å²) in [5.41, 5.74) is 1.08. The van der Waals surface area contributed by atoms with Crippen LogP contribution in [0.4, 0.5) is 0 Å². The quantitative estimate of drug-likeness (QED) is 0.886. The molecule has 8 heteroatoms. The van der Waals surface area contributed by atoms with Crippen LogP contribution in [-0.4, -0.2) is 36.8 Å². The van der Waals surface area contributed by atoms with Gasteiger partial charge in [-0.25, -0.2) is 13.1 Å². The van der Waals surface area contributed by atoms with Gasteiger partial charge in [-0.1, -0.05) is 13.0 Å². The Balaban J connectivity index is 1.82. The summed E-state index contributed by atoms with van der Waals surface area (Å²) in [7, 11) is -3.56. The maximum atomic E-state index is 12.5. The van der Waals surface area contributed by atoms with Gasteiger partial charge < -0.3 is 5.32 Å². The van der Waals surface area contributed by atoms with Crippen LogP contribution in [-0.2, 0) is 10.0 Å². The van der Waals surface area contributed by atoms with Crippen LogP contribution in [0.15, 0.2) is 23.1 Å². The van der Waals surface area contributed by atoms with E-state index in [4.69, 9.17) is 0 Å². The number of rotatable bonds is 4. The average Bonchev–Trinajstić information content (AvgIpc) is 2.94. The summed E-state index contributed by atoms with van der Waals surface area (Å²) < 4.78 is 36.0. The Labute approximate surface area is 128 Å². The summed E-state index contributed by atoms with van der Waals surface area (Å²) in [6.45, 7) is 4.44. The van der Waals surface area contributed by atoms with Crippen molar-refractivity contribution in [3.8, 4) is 0 Å². The number of nitrogens with one attached hydrogen (secondary N) is 2. The Morgan fingerprint density at radius 3 is 2.86 bits per heavy atom. The zero-order valence-corrected chi connectivity index (χ0v) is 13.4. The molecule has 1 fully saturated rings. The number of aromatic nitrogens is 2. The predicted molar refractivity (Wildman–Crippen MR) is 82.8 cm³/mol. The molecule has 2 heterocycles. The summed E-state index contributed by atoms with van der Waals surface area (Å²) in [5.74, 6) is 0. The molecule has 3 rings (SSSR count). The van der Waals surface area contributed by atoms with Crippen molar-refractivity contribution in [2.75, 3.05) is 19.6 Å². The monoisotopic (exact) mass is 326 g/mol. The van der Waals surface area contributed by atoms with Crippen molar-refractivity contribution in [2.24, 2.45) is 5.41 Å². The molecule has 0 spiro atoms. The van der Waals surface area contributed by atoms with Crippen LogP contribution in [0.25, 0.3) is 11.0 Å². The minimum absolute atomic E-state index is 0.00649. The van der Waals surface area contributed by atoms with Crippen LogP contribution in [0.2, 0.25) is 0 Å². The van der Waals surface area contributed by atoms with Crippen molar-refractivity contribution in [1.29, 1.82) is 0 Å². The van der Waals surface area contributed by atoms with E-state index < -0.39 is 10.0 Å². The lowest BCUT2D eigenvalue weighted by atomic mass is 9.81. The number of hydrogen-bond donors (Lipinski definition) is 2. The number of nitrogens with zero attached hydrogens (tertiary/aromatic N) is 2. The fraction of sp³-hybridized carbons (Fsp3) is 0.538. The maximum Gasteiger partial charge on any atom is 0.242 e. The van der Waals surface area contributed by atoms with Crippen molar-refractivity contribution in [3.05, 3.63) is 18.2 Å². The molecule has 0 aliphatic carbocycles. The topological polar surface area (TPSA) is 84.0 Å². The van der Waals surface area contributed by atoms with E-state index in [1.54, 1.807) is 18.2 Å². The van der Waals surface area contributed by atoms with Gasteiger partial charge in [-0.3, -0.25) is 0 Å². The minimum atomic E-state index is -3.56. The third-order valence-electron chi connectivity index (χ3n) is 4.04. The van der Waals surface area contributed by atoms with Crippen LogP contribution in [0, 0.1) is 5.41 Å².